The predicted octanol–water partition coefficient (Wildman–Crippen LogP) is 2.26. The van der Waals surface area contributed by atoms with Crippen LogP contribution in [0.3, 0.4) is 0 Å². The Morgan fingerprint density at radius 1 is 1.25 bits per heavy atom. The van der Waals surface area contributed by atoms with E-state index in [1.54, 1.807) is 4.68 Å². The molecular weight excluding hydrogens is 264 g/mol. The summed E-state index contributed by atoms with van der Waals surface area (Å²) >= 11 is 0. The minimum absolute atomic E-state index is 0.315. The highest BCUT2D eigenvalue weighted by Gasteiger charge is 2.25. The Bertz CT molecular complexity index is 694. The van der Waals surface area contributed by atoms with Gasteiger partial charge < -0.3 is 5.73 Å². The van der Waals surface area contributed by atoms with Crippen molar-refractivity contribution in [3.8, 4) is 11.3 Å². The molecule has 0 saturated heterocycles. The van der Waals surface area contributed by atoms with Crippen molar-refractivity contribution in [2.45, 2.75) is 25.8 Å². The number of aromatic nitrogens is 2. The van der Waals surface area contributed by atoms with Crippen LogP contribution in [0.15, 0.2) is 18.2 Å². The first-order valence-electron chi connectivity index (χ1n) is 6.43. The summed E-state index contributed by atoms with van der Waals surface area (Å²) in [4.78, 5) is 11.7. The van der Waals surface area contributed by atoms with Crippen LogP contribution >= 0.6 is 0 Å². The van der Waals surface area contributed by atoms with Crippen LogP contribution in [0.5, 0.6) is 0 Å². The molecule has 0 spiro atoms. The fourth-order valence-corrected chi connectivity index (χ4v) is 2.59. The van der Waals surface area contributed by atoms with Crippen molar-refractivity contribution in [1.82, 2.24) is 9.78 Å². The molecule has 0 unspecified atom stereocenters. The van der Waals surface area contributed by atoms with Gasteiger partial charge in [0, 0.05) is 12.1 Å². The van der Waals surface area contributed by atoms with Gasteiger partial charge in [-0.25, -0.2) is 8.78 Å². The van der Waals surface area contributed by atoms with Crippen LogP contribution in [0.2, 0.25) is 0 Å². The fourth-order valence-electron chi connectivity index (χ4n) is 2.59. The Kier molecular flexibility index (Phi) is 3.00. The lowest BCUT2D eigenvalue weighted by atomic mass is 10.0. The number of rotatable bonds is 2. The van der Waals surface area contributed by atoms with Gasteiger partial charge in [-0.15, -0.1) is 0 Å². The van der Waals surface area contributed by atoms with Crippen LogP contribution in [0.4, 0.5) is 8.78 Å². The molecule has 1 amide bonds. The van der Waals surface area contributed by atoms with E-state index in [1.165, 1.54) is 6.07 Å². The Morgan fingerprint density at radius 2 is 2.05 bits per heavy atom. The minimum atomic E-state index is -0.969. The summed E-state index contributed by atoms with van der Waals surface area (Å²) < 4.78 is 28.1. The lowest BCUT2D eigenvalue weighted by Gasteiger charge is -2.13. The number of fused-ring (bicyclic) bond motifs is 1. The molecule has 3 rings (SSSR count). The Hall–Kier alpha value is -2.24. The maximum absolute atomic E-state index is 13.4. The molecule has 1 aliphatic heterocycles. The third-order valence-corrected chi connectivity index (χ3v) is 3.53. The average Bonchev–Trinajstić information content (AvgIpc) is 2.81. The van der Waals surface area contributed by atoms with Crippen LogP contribution < -0.4 is 5.73 Å². The van der Waals surface area contributed by atoms with Crippen molar-refractivity contribution in [2.24, 2.45) is 5.73 Å². The number of carbonyl (C=O) groups is 1. The fraction of sp³-hybridized carbons (Fsp3) is 0.286. The van der Waals surface area contributed by atoms with Gasteiger partial charge in [-0.05, 0) is 37.5 Å². The second kappa shape index (κ2) is 4.70. The zero-order valence-electron chi connectivity index (χ0n) is 10.7. The van der Waals surface area contributed by atoms with E-state index in [1.807, 2.05) is 0 Å². The molecule has 0 bridgehead atoms. The number of halogens is 2. The van der Waals surface area contributed by atoms with Crippen molar-refractivity contribution >= 4 is 5.91 Å². The van der Waals surface area contributed by atoms with Gasteiger partial charge >= 0.3 is 0 Å². The van der Waals surface area contributed by atoms with Gasteiger partial charge in [-0.3, -0.25) is 9.48 Å². The first kappa shape index (κ1) is 12.8. The van der Waals surface area contributed by atoms with Gasteiger partial charge in [0.2, 0.25) is 0 Å². The average molecular weight is 277 g/mol. The van der Waals surface area contributed by atoms with Gasteiger partial charge in [-0.2, -0.15) is 5.10 Å². The van der Waals surface area contributed by atoms with E-state index in [0.717, 1.165) is 37.1 Å². The first-order valence-corrected chi connectivity index (χ1v) is 6.43. The molecule has 2 N–H and O–H groups in total. The normalized spacial score (nSPS) is 14.1. The van der Waals surface area contributed by atoms with E-state index >= 15 is 0 Å². The summed E-state index contributed by atoms with van der Waals surface area (Å²) in [5.41, 5.74) is 7.21. The highest BCUT2D eigenvalue weighted by molar-refractivity contribution is 6.00. The number of hydrogen-bond acceptors (Lipinski definition) is 2. The van der Waals surface area contributed by atoms with Gasteiger partial charge in [-0.1, -0.05) is 0 Å². The molecule has 0 saturated carbocycles. The molecule has 6 heteroatoms. The number of nitrogens with two attached hydrogens (primary N) is 1. The summed E-state index contributed by atoms with van der Waals surface area (Å²) in [5.74, 6) is -2.49. The standard InChI is InChI=1S/C14H13F2N3O/c15-9-5-4-8(7-10(9)16)13-12(14(17)20)11-3-1-2-6-19(11)18-13/h4-5,7H,1-3,6H2,(H2,17,20). The van der Waals surface area contributed by atoms with E-state index in [0.29, 0.717) is 23.4 Å². The summed E-state index contributed by atoms with van der Waals surface area (Å²) in [6.07, 6.45) is 2.66. The van der Waals surface area contributed by atoms with Crippen molar-refractivity contribution in [1.29, 1.82) is 0 Å². The minimum Gasteiger partial charge on any atom is -0.365 e. The molecule has 1 aliphatic rings. The number of nitrogens with zero attached hydrogens (tertiary/aromatic N) is 2. The van der Waals surface area contributed by atoms with E-state index in [2.05, 4.69) is 5.10 Å². The monoisotopic (exact) mass is 277 g/mol. The van der Waals surface area contributed by atoms with Crippen molar-refractivity contribution in [3.05, 3.63) is 41.1 Å². The summed E-state index contributed by atoms with van der Waals surface area (Å²) in [6.45, 7) is 0.708. The molecule has 1 aromatic carbocycles. The topological polar surface area (TPSA) is 60.9 Å². The third-order valence-electron chi connectivity index (χ3n) is 3.53. The molecule has 20 heavy (non-hydrogen) atoms. The molecule has 0 atom stereocenters. The number of carbonyl (C=O) groups excluding carboxylic acids is 1. The number of benzene rings is 1. The molecule has 2 heterocycles. The molecule has 0 aliphatic carbocycles. The lowest BCUT2D eigenvalue weighted by molar-refractivity contribution is 0.0999. The number of amides is 1. The zero-order chi connectivity index (χ0) is 14.3. The number of aryl methyl sites for hydroxylation is 1. The summed E-state index contributed by atoms with van der Waals surface area (Å²) in [6, 6.07) is 3.46. The highest BCUT2D eigenvalue weighted by Crippen LogP contribution is 2.29. The quantitative estimate of drug-likeness (QED) is 0.915. The second-order valence-electron chi connectivity index (χ2n) is 4.84. The Morgan fingerprint density at radius 3 is 2.75 bits per heavy atom. The maximum Gasteiger partial charge on any atom is 0.252 e. The van der Waals surface area contributed by atoms with Crippen molar-refractivity contribution in [3.63, 3.8) is 0 Å². The molecule has 4 nitrogen and oxygen atoms in total. The van der Waals surface area contributed by atoms with E-state index in [9.17, 15) is 13.6 Å². The van der Waals surface area contributed by atoms with E-state index in [-0.39, 0.29) is 0 Å². The van der Waals surface area contributed by atoms with Crippen LogP contribution in [0, 0.1) is 11.6 Å². The Balaban J connectivity index is 2.19. The molecule has 104 valence electrons. The largest absolute Gasteiger partial charge is 0.365 e. The third kappa shape index (κ3) is 1.97. The van der Waals surface area contributed by atoms with Crippen LogP contribution in [0.1, 0.15) is 28.9 Å². The van der Waals surface area contributed by atoms with E-state index < -0.39 is 17.5 Å². The maximum atomic E-state index is 13.4. The van der Waals surface area contributed by atoms with Gasteiger partial charge in [0.05, 0.1) is 11.3 Å². The number of primary amides is 1. The van der Waals surface area contributed by atoms with Crippen LogP contribution in [-0.4, -0.2) is 15.7 Å². The van der Waals surface area contributed by atoms with Gasteiger partial charge in [0.15, 0.2) is 11.6 Å². The molecule has 1 aromatic heterocycles. The molecule has 0 radical (unpaired) electrons. The van der Waals surface area contributed by atoms with Gasteiger partial charge in [0.25, 0.3) is 5.91 Å². The van der Waals surface area contributed by atoms with Crippen molar-refractivity contribution < 1.29 is 13.6 Å². The van der Waals surface area contributed by atoms with Crippen molar-refractivity contribution in [2.75, 3.05) is 0 Å². The smallest absolute Gasteiger partial charge is 0.252 e. The molecule has 2 aromatic rings. The van der Waals surface area contributed by atoms with E-state index in [4.69, 9.17) is 5.73 Å². The first-order chi connectivity index (χ1) is 9.58. The number of hydrogen-bond donors (Lipinski definition) is 1. The zero-order valence-corrected chi connectivity index (χ0v) is 10.7. The second-order valence-corrected chi connectivity index (χ2v) is 4.84. The predicted molar refractivity (Wildman–Crippen MR) is 69.0 cm³/mol. The highest BCUT2D eigenvalue weighted by atomic mass is 19.2. The summed E-state index contributed by atoms with van der Waals surface area (Å²) in [7, 11) is 0. The molecular formula is C14H13F2N3O. The SMILES string of the molecule is NC(=O)c1c(-c2ccc(F)c(F)c2)nn2c1CCCC2. The molecule has 0 fully saturated rings. The van der Waals surface area contributed by atoms with Gasteiger partial charge in [0.1, 0.15) is 5.69 Å². The Labute approximate surface area is 114 Å². The van der Waals surface area contributed by atoms with Crippen LogP contribution in [-0.2, 0) is 13.0 Å². The lowest BCUT2D eigenvalue weighted by Crippen LogP contribution is -2.17. The van der Waals surface area contributed by atoms with Crippen LogP contribution in [0.25, 0.3) is 11.3 Å². The summed E-state index contributed by atoms with van der Waals surface area (Å²) in [5, 5.41) is 4.34.